The summed E-state index contributed by atoms with van der Waals surface area (Å²) in [6.07, 6.45) is 4.62. The number of phenolic OH excluding ortho intramolecular Hbond substituents is 1. The highest BCUT2D eigenvalue weighted by molar-refractivity contribution is 7.71. The molecule has 0 radical (unpaired) electrons. The lowest BCUT2D eigenvalue weighted by Gasteiger charge is -1.99. The highest BCUT2D eigenvalue weighted by Crippen LogP contribution is 2.09. The predicted octanol–water partition coefficient (Wildman–Crippen LogP) is 2.87. The average Bonchev–Trinajstić information content (AvgIpc) is 2.75. The van der Waals surface area contributed by atoms with Crippen molar-refractivity contribution in [2.45, 2.75) is 26.2 Å². The molecule has 0 aliphatic carbocycles. The molecular formula is C13H16N4OS. The number of aryl methyl sites for hydroxylation is 1. The topological polar surface area (TPSA) is 66.2 Å². The van der Waals surface area contributed by atoms with Crippen molar-refractivity contribution < 1.29 is 5.11 Å². The first kappa shape index (κ1) is 13.5. The minimum absolute atomic E-state index is 0.214. The summed E-state index contributed by atoms with van der Waals surface area (Å²) in [5, 5.41) is 20.6. The molecule has 0 bridgehead atoms. The number of aromatic amines is 1. The van der Waals surface area contributed by atoms with Gasteiger partial charge in [0.25, 0.3) is 0 Å². The number of hydrogen-bond acceptors (Lipinski definition) is 4. The molecule has 0 spiro atoms. The van der Waals surface area contributed by atoms with Crippen LogP contribution in [0, 0.1) is 4.77 Å². The van der Waals surface area contributed by atoms with Gasteiger partial charge in [-0.1, -0.05) is 25.5 Å². The Morgan fingerprint density at radius 1 is 1.53 bits per heavy atom. The third-order valence-corrected chi connectivity index (χ3v) is 2.93. The molecule has 0 fully saturated rings. The van der Waals surface area contributed by atoms with Gasteiger partial charge in [-0.25, -0.2) is 0 Å². The van der Waals surface area contributed by atoms with Gasteiger partial charge in [-0.05, 0) is 36.3 Å². The summed E-state index contributed by atoms with van der Waals surface area (Å²) in [5.41, 5.74) is 0.810. The van der Waals surface area contributed by atoms with Crippen LogP contribution in [0.3, 0.4) is 0 Å². The number of nitrogens with one attached hydrogen (secondary N) is 1. The second-order valence-corrected chi connectivity index (χ2v) is 4.59. The van der Waals surface area contributed by atoms with Crippen LogP contribution in [0.2, 0.25) is 0 Å². The molecule has 100 valence electrons. The van der Waals surface area contributed by atoms with Gasteiger partial charge in [0, 0.05) is 6.42 Å². The molecular weight excluding hydrogens is 260 g/mol. The molecule has 2 rings (SSSR count). The lowest BCUT2D eigenvalue weighted by atomic mass is 10.2. The Morgan fingerprint density at radius 3 is 3.11 bits per heavy atom. The third kappa shape index (κ3) is 3.51. The van der Waals surface area contributed by atoms with Gasteiger partial charge >= 0.3 is 0 Å². The monoisotopic (exact) mass is 276 g/mol. The number of unbranched alkanes of at least 4 members (excludes halogenated alkanes) is 1. The summed E-state index contributed by atoms with van der Waals surface area (Å²) in [5.74, 6) is 1.04. The van der Waals surface area contributed by atoms with Crippen molar-refractivity contribution in [2.75, 3.05) is 0 Å². The zero-order valence-corrected chi connectivity index (χ0v) is 11.5. The van der Waals surface area contributed by atoms with E-state index in [0.29, 0.717) is 4.77 Å². The van der Waals surface area contributed by atoms with Gasteiger partial charge in [0.1, 0.15) is 5.75 Å². The highest BCUT2D eigenvalue weighted by Gasteiger charge is 2.03. The van der Waals surface area contributed by atoms with Gasteiger partial charge in [-0.2, -0.15) is 14.9 Å². The van der Waals surface area contributed by atoms with Gasteiger partial charge in [0.05, 0.1) is 6.21 Å². The van der Waals surface area contributed by atoms with Crippen molar-refractivity contribution >= 4 is 18.4 Å². The van der Waals surface area contributed by atoms with Crippen molar-refractivity contribution in [1.82, 2.24) is 14.9 Å². The number of H-pyrrole nitrogens is 1. The van der Waals surface area contributed by atoms with Crippen molar-refractivity contribution in [2.24, 2.45) is 5.10 Å². The molecule has 0 saturated carbocycles. The van der Waals surface area contributed by atoms with Crippen molar-refractivity contribution in [3.8, 4) is 5.75 Å². The standard InChI is InChI=1S/C13H16N4OS/c1-2-3-7-12-15-16-13(19)17(12)14-9-10-5-4-6-11(18)8-10/h4-6,8-9,18H,2-3,7H2,1H3,(H,16,19)/b14-9-. The van der Waals surface area contributed by atoms with E-state index in [4.69, 9.17) is 12.2 Å². The maximum absolute atomic E-state index is 9.39. The Hall–Kier alpha value is -1.95. The van der Waals surface area contributed by atoms with E-state index in [2.05, 4.69) is 22.2 Å². The number of aromatic hydroxyl groups is 1. The molecule has 0 aliphatic heterocycles. The Bertz CT molecular complexity index is 630. The van der Waals surface area contributed by atoms with Crippen LogP contribution >= 0.6 is 12.2 Å². The zero-order valence-electron chi connectivity index (χ0n) is 10.7. The van der Waals surface area contributed by atoms with E-state index in [-0.39, 0.29) is 5.75 Å². The van der Waals surface area contributed by atoms with Gasteiger partial charge < -0.3 is 5.11 Å². The molecule has 1 heterocycles. The average molecular weight is 276 g/mol. The van der Waals surface area contributed by atoms with Crippen LogP contribution in [0.4, 0.5) is 0 Å². The maximum Gasteiger partial charge on any atom is 0.216 e. The van der Waals surface area contributed by atoms with E-state index in [1.807, 2.05) is 6.07 Å². The molecule has 0 unspecified atom stereocenters. The molecule has 1 aromatic carbocycles. The second-order valence-electron chi connectivity index (χ2n) is 4.20. The number of nitrogens with zero attached hydrogens (tertiary/aromatic N) is 3. The predicted molar refractivity (Wildman–Crippen MR) is 77.1 cm³/mol. The summed E-state index contributed by atoms with van der Waals surface area (Å²) >= 11 is 5.15. The first-order valence-corrected chi connectivity index (χ1v) is 6.61. The maximum atomic E-state index is 9.39. The molecule has 19 heavy (non-hydrogen) atoms. The molecule has 6 heteroatoms. The van der Waals surface area contributed by atoms with Crippen LogP contribution in [-0.4, -0.2) is 26.2 Å². The largest absolute Gasteiger partial charge is 0.508 e. The van der Waals surface area contributed by atoms with E-state index in [1.54, 1.807) is 29.1 Å². The van der Waals surface area contributed by atoms with E-state index >= 15 is 0 Å². The van der Waals surface area contributed by atoms with E-state index in [9.17, 15) is 5.11 Å². The minimum atomic E-state index is 0.214. The fourth-order valence-electron chi connectivity index (χ4n) is 1.67. The number of rotatable bonds is 5. The van der Waals surface area contributed by atoms with Crippen molar-refractivity contribution in [1.29, 1.82) is 0 Å². The molecule has 0 aliphatic rings. The van der Waals surface area contributed by atoms with Crippen LogP contribution in [0.25, 0.3) is 0 Å². The normalized spacial score (nSPS) is 11.2. The molecule has 2 N–H and O–H groups in total. The summed E-state index contributed by atoms with van der Waals surface area (Å²) in [6, 6.07) is 6.88. The summed E-state index contributed by atoms with van der Waals surface area (Å²) in [4.78, 5) is 0. The van der Waals surface area contributed by atoms with E-state index in [0.717, 1.165) is 30.7 Å². The summed E-state index contributed by atoms with van der Waals surface area (Å²) < 4.78 is 2.09. The van der Waals surface area contributed by atoms with Crippen molar-refractivity contribution in [3.05, 3.63) is 40.4 Å². The lowest BCUT2D eigenvalue weighted by Crippen LogP contribution is -1.99. The van der Waals surface area contributed by atoms with Crippen LogP contribution in [0.5, 0.6) is 5.75 Å². The molecule has 5 nitrogen and oxygen atoms in total. The Balaban J connectivity index is 2.23. The van der Waals surface area contributed by atoms with Gasteiger partial charge in [0.2, 0.25) is 4.77 Å². The highest BCUT2D eigenvalue weighted by atomic mass is 32.1. The summed E-state index contributed by atoms with van der Waals surface area (Å²) in [6.45, 7) is 2.13. The number of aromatic nitrogens is 3. The van der Waals surface area contributed by atoms with Crippen LogP contribution < -0.4 is 0 Å². The SMILES string of the molecule is CCCCc1n[nH]c(=S)n1/N=C\c1cccc(O)c1. The van der Waals surface area contributed by atoms with Crippen LogP contribution in [0.1, 0.15) is 31.2 Å². The smallest absolute Gasteiger partial charge is 0.216 e. The Kier molecular flexibility index (Phi) is 4.46. The van der Waals surface area contributed by atoms with Crippen molar-refractivity contribution in [3.63, 3.8) is 0 Å². The second kappa shape index (κ2) is 6.29. The number of benzene rings is 1. The molecule has 0 saturated heterocycles. The Labute approximate surface area is 116 Å². The lowest BCUT2D eigenvalue weighted by molar-refractivity contribution is 0.475. The van der Waals surface area contributed by atoms with E-state index < -0.39 is 0 Å². The minimum Gasteiger partial charge on any atom is -0.508 e. The number of hydrogen-bond donors (Lipinski definition) is 2. The van der Waals surface area contributed by atoms with E-state index in [1.165, 1.54) is 0 Å². The number of phenols is 1. The van der Waals surface area contributed by atoms with Gasteiger partial charge in [-0.3, -0.25) is 5.10 Å². The zero-order chi connectivity index (χ0) is 13.7. The molecule has 0 atom stereocenters. The summed E-state index contributed by atoms with van der Waals surface area (Å²) in [7, 11) is 0. The Morgan fingerprint density at radius 2 is 2.37 bits per heavy atom. The van der Waals surface area contributed by atoms with Crippen LogP contribution in [0.15, 0.2) is 29.4 Å². The first-order valence-electron chi connectivity index (χ1n) is 6.20. The third-order valence-electron chi connectivity index (χ3n) is 2.66. The fourth-order valence-corrected chi connectivity index (χ4v) is 1.87. The first-order chi connectivity index (χ1) is 9.20. The fraction of sp³-hybridized carbons (Fsp3) is 0.308. The quantitative estimate of drug-likeness (QED) is 0.652. The molecule has 0 amide bonds. The molecule has 1 aromatic heterocycles. The molecule has 2 aromatic rings. The van der Waals surface area contributed by atoms with Gasteiger partial charge in [0.15, 0.2) is 5.82 Å². The van der Waals surface area contributed by atoms with Crippen LogP contribution in [-0.2, 0) is 6.42 Å². The van der Waals surface area contributed by atoms with Gasteiger partial charge in [-0.15, -0.1) is 0 Å².